The number of amides is 1. The van der Waals surface area contributed by atoms with Gasteiger partial charge in [0.2, 0.25) is 0 Å². The Morgan fingerprint density at radius 1 is 1.19 bits per heavy atom. The number of aromatic nitrogens is 7. The van der Waals surface area contributed by atoms with Gasteiger partial charge in [0.15, 0.2) is 0 Å². The summed E-state index contributed by atoms with van der Waals surface area (Å²) in [5.74, 6) is -0.339. The van der Waals surface area contributed by atoms with Gasteiger partial charge in [-0.15, -0.1) is 0 Å². The van der Waals surface area contributed by atoms with Gasteiger partial charge >= 0.3 is 0 Å². The van der Waals surface area contributed by atoms with Crippen LogP contribution in [0.5, 0.6) is 0 Å². The van der Waals surface area contributed by atoms with Gasteiger partial charge in [0.1, 0.15) is 17.1 Å². The van der Waals surface area contributed by atoms with Crippen LogP contribution < -0.4 is 5.32 Å². The van der Waals surface area contributed by atoms with Gasteiger partial charge < -0.3 is 5.32 Å². The van der Waals surface area contributed by atoms with Crippen molar-refractivity contribution in [3.05, 3.63) is 61.1 Å². The molecule has 0 fully saturated rings. The molecule has 0 atom stereocenters. The summed E-state index contributed by atoms with van der Waals surface area (Å²) >= 11 is 0. The quantitative estimate of drug-likeness (QED) is 0.583. The molecular weight excluding hydrogens is 332 g/mol. The Kier molecular flexibility index (Phi) is 3.94. The third-order valence-corrected chi connectivity index (χ3v) is 3.66. The Labute approximate surface area is 148 Å². The molecule has 4 heterocycles. The van der Waals surface area contributed by atoms with Crippen LogP contribution in [0, 0.1) is 0 Å². The number of anilines is 1. The molecule has 0 saturated carbocycles. The molecule has 4 aromatic rings. The third kappa shape index (κ3) is 3.05. The highest BCUT2D eigenvalue weighted by Crippen LogP contribution is 2.24. The predicted molar refractivity (Wildman–Crippen MR) is 94.0 cm³/mol. The van der Waals surface area contributed by atoms with Crippen LogP contribution in [0.2, 0.25) is 0 Å². The molecule has 0 bridgehead atoms. The molecule has 0 aliphatic heterocycles. The Bertz CT molecular complexity index is 1040. The molecular formula is C17H14N8O. The highest BCUT2D eigenvalue weighted by molar-refractivity contribution is 6.04. The Balaban J connectivity index is 1.63. The van der Waals surface area contributed by atoms with E-state index in [1.165, 1.54) is 0 Å². The van der Waals surface area contributed by atoms with E-state index >= 15 is 0 Å². The van der Waals surface area contributed by atoms with Gasteiger partial charge in [-0.2, -0.15) is 10.2 Å². The molecule has 128 valence electrons. The molecule has 1 amide bonds. The first-order chi connectivity index (χ1) is 12.7. The zero-order valence-electron chi connectivity index (χ0n) is 13.8. The van der Waals surface area contributed by atoms with Gasteiger partial charge in [0, 0.05) is 37.4 Å². The summed E-state index contributed by atoms with van der Waals surface area (Å²) in [6.45, 7) is 0. The van der Waals surface area contributed by atoms with Crippen molar-refractivity contribution >= 4 is 11.6 Å². The lowest BCUT2D eigenvalue weighted by molar-refractivity contribution is 0.102. The largest absolute Gasteiger partial charge is 0.317 e. The van der Waals surface area contributed by atoms with Crippen molar-refractivity contribution in [2.24, 2.45) is 7.05 Å². The Morgan fingerprint density at radius 2 is 2.12 bits per heavy atom. The van der Waals surface area contributed by atoms with Crippen molar-refractivity contribution in [3.8, 4) is 22.6 Å². The van der Waals surface area contributed by atoms with E-state index in [1.54, 1.807) is 61.0 Å². The second kappa shape index (κ2) is 6.55. The summed E-state index contributed by atoms with van der Waals surface area (Å²) in [6, 6.07) is 5.24. The SMILES string of the molecule is Cn1cc(NC(=O)c2cccc(-c3cn[nH]c3)n2)c(-c2cnccn2)n1. The van der Waals surface area contributed by atoms with E-state index in [9.17, 15) is 4.79 Å². The van der Waals surface area contributed by atoms with E-state index in [-0.39, 0.29) is 11.6 Å². The first kappa shape index (κ1) is 15.6. The van der Waals surface area contributed by atoms with Gasteiger partial charge in [0.05, 0.1) is 23.8 Å². The maximum atomic E-state index is 12.7. The number of aromatic amines is 1. The highest BCUT2D eigenvalue weighted by Gasteiger charge is 2.16. The average Bonchev–Trinajstić information content (AvgIpc) is 3.32. The average molecular weight is 346 g/mol. The fraction of sp³-hybridized carbons (Fsp3) is 0.0588. The van der Waals surface area contributed by atoms with Crippen LogP contribution in [0.25, 0.3) is 22.6 Å². The van der Waals surface area contributed by atoms with Crippen LogP contribution in [0.1, 0.15) is 10.5 Å². The van der Waals surface area contributed by atoms with E-state index in [2.05, 4.69) is 35.6 Å². The molecule has 0 radical (unpaired) electrons. The number of hydrogen-bond donors (Lipinski definition) is 2. The lowest BCUT2D eigenvalue weighted by atomic mass is 10.2. The lowest BCUT2D eigenvalue weighted by Gasteiger charge is -2.05. The fourth-order valence-electron chi connectivity index (χ4n) is 2.49. The normalized spacial score (nSPS) is 10.7. The molecule has 0 aliphatic carbocycles. The minimum Gasteiger partial charge on any atom is -0.317 e. The summed E-state index contributed by atoms with van der Waals surface area (Å²) in [5, 5.41) is 13.8. The molecule has 9 heteroatoms. The lowest BCUT2D eigenvalue weighted by Crippen LogP contribution is -2.14. The van der Waals surface area contributed by atoms with E-state index in [1.807, 2.05) is 6.07 Å². The van der Waals surface area contributed by atoms with Crippen LogP contribution in [0.3, 0.4) is 0 Å². The number of carbonyl (C=O) groups is 1. The van der Waals surface area contributed by atoms with Crippen LogP contribution in [0.15, 0.2) is 55.4 Å². The van der Waals surface area contributed by atoms with Gasteiger partial charge in [-0.1, -0.05) is 6.07 Å². The molecule has 0 aromatic carbocycles. The van der Waals surface area contributed by atoms with Crippen molar-refractivity contribution in [3.63, 3.8) is 0 Å². The Hall–Kier alpha value is -3.88. The molecule has 26 heavy (non-hydrogen) atoms. The first-order valence-electron chi connectivity index (χ1n) is 7.78. The summed E-state index contributed by atoms with van der Waals surface area (Å²) in [5.41, 5.74) is 3.41. The van der Waals surface area contributed by atoms with E-state index in [4.69, 9.17) is 0 Å². The molecule has 4 aromatic heterocycles. The van der Waals surface area contributed by atoms with Crippen molar-refractivity contribution in [2.75, 3.05) is 5.32 Å². The molecule has 4 rings (SSSR count). The summed E-state index contributed by atoms with van der Waals surface area (Å²) in [6.07, 6.45) is 9.83. The minimum atomic E-state index is -0.339. The molecule has 0 unspecified atom stereocenters. The molecule has 0 aliphatic rings. The standard InChI is InChI=1S/C17H14N8O/c1-25-10-15(16(24-25)14-9-18-5-6-19-14)23-17(26)13-4-2-3-12(22-13)11-7-20-21-8-11/h2-10H,1H3,(H,20,21)(H,23,26). The minimum absolute atomic E-state index is 0.289. The van der Waals surface area contributed by atoms with Crippen molar-refractivity contribution in [1.82, 2.24) is 34.9 Å². The van der Waals surface area contributed by atoms with E-state index in [0.29, 0.717) is 22.8 Å². The summed E-state index contributed by atoms with van der Waals surface area (Å²) in [7, 11) is 1.77. The van der Waals surface area contributed by atoms with Crippen molar-refractivity contribution in [1.29, 1.82) is 0 Å². The molecule has 2 N–H and O–H groups in total. The van der Waals surface area contributed by atoms with E-state index < -0.39 is 0 Å². The maximum absolute atomic E-state index is 12.7. The third-order valence-electron chi connectivity index (χ3n) is 3.66. The highest BCUT2D eigenvalue weighted by atomic mass is 16.1. The second-order valence-corrected chi connectivity index (χ2v) is 5.50. The smallest absolute Gasteiger partial charge is 0.274 e. The van der Waals surface area contributed by atoms with Gasteiger partial charge in [-0.3, -0.25) is 24.5 Å². The monoisotopic (exact) mass is 346 g/mol. The molecule has 0 spiro atoms. The number of nitrogens with zero attached hydrogens (tertiary/aromatic N) is 6. The number of aryl methyl sites for hydroxylation is 1. The number of rotatable bonds is 4. The molecule has 9 nitrogen and oxygen atoms in total. The van der Waals surface area contributed by atoms with Crippen LogP contribution >= 0.6 is 0 Å². The first-order valence-corrected chi connectivity index (χ1v) is 7.78. The van der Waals surface area contributed by atoms with Crippen LogP contribution in [0.4, 0.5) is 5.69 Å². The summed E-state index contributed by atoms with van der Waals surface area (Å²) < 4.78 is 1.61. The van der Waals surface area contributed by atoms with E-state index in [0.717, 1.165) is 5.56 Å². The topological polar surface area (TPSA) is 114 Å². The zero-order chi connectivity index (χ0) is 17.9. The fourth-order valence-corrected chi connectivity index (χ4v) is 2.49. The van der Waals surface area contributed by atoms with Crippen molar-refractivity contribution in [2.45, 2.75) is 0 Å². The van der Waals surface area contributed by atoms with Gasteiger partial charge in [-0.25, -0.2) is 4.98 Å². The molecule has 0 saturated heterocycles. The number of H-pyrrole nitrogens is 1. The van der Waals surface area contributed by atoms with Crippen LogP contribution in [-0.2, 0) is 7.05 Å². The predicted octanol–water partition coefficient (Wildman–Crippen LogP) is 1.91. The maximum Gasteiger partial charge on any atom is 0.274 e. The number of hydrogen-bond acceptors (Lipinski definition) is 6. The van der Waals surface area contributed by atoms with Crippen LogP contribution in [-0.4, -0.2) is 40.8 Å². The van der Waals surface area contributed by atoms with Gasteiger partial charge in [-0.05, 0) is 12.1 Å². The number of pyridine rings is 1. The number of carbonyl (C=O) groups excluding carboxylic acids is 1. The second-order valence-electron chi connectivity index (χ2n) is 5.50. The number of nitrogens with one attached hydrogen (secondary N) is 2. The zero-order valence-corrected chi connectivity index (χ0v) is 13.8. The van der Waals surface area contributed by atoms with Crippen molar-refractivity contribution < 1.29 is 4.79 Å². The summed E-state index contributed by atoms with van der Waals surface area (Å²) in [4.78, 5) is 25.3. The van der Waals surface area contributed by atoms with Gasteiger partial charge in [0.25, 0.3) is 5.91 Å². The Morgan fingerprint density at radius 3 is 2.88 bits per heavy atom.